The number of aromatic nitrogens is 1. The molecule has 3 heteroatoms. The number of hydrogen-bond donors (Lipinski definition) is 0. The Morgan fingerprint density at radius 3 is 2.88 bits per heavy atom. The maximum atomic E-state index is 12.2. The minimum atomic E-state index is -0.382. The van der Waals surface area contributed by atoms with Gasteiger partial charge in [-0.15, -0.1) is 0 Å². The van der Waals surface area contributed by atoms with Crippen molar-refractivity contribution in [3.63, 3.8) is 0 Å². The fraction of sp³-hybridized carbons (Fsp3) is 0. The number of pyridine rings is 1. The summed E-state index contributed by atoms with van der Waals surface area (Å²) >= 11 is 2.89. The van der Waals surface area contributed by atoms with Gasteiger partial charge in [-0.1, -0.05) is 0 Å². The molecule has 1 aromatic rings. The summed E-state index contributed by atoms with van der Waals surface area (Å²) in [4.78, 5) is 3.56. The fourth-order valence-electron chi connectivity index (χ4n) is 0.326. The Morgan fingerprint density at radius 2 is 2.50 bits per heavy atom. The predicted molar refractivity (Wildman–Crippen MR) is 30.7 cm³/mol. The molecule has 0 spiro atoms. The van der Waals surface area contributed by atoms with Gasteiger partial charge in [-0.2, -0.15) is 0 Å². The molecule has 41 valence electrons. The average molecular weight is 175 g/mol. The van der Waals surface area contributed by atoms with Crippen LogP contribution in [0.2, 0.25) is 0 Å². The molecule has 0 aromatic carbocycles. The summed E-state index contributed by atoms with van der Waals surface area (Å²) in [5.41, 5.74) is 0. The van der Waals surface area contributed by atoms with Crippen molar-refractivity contribution in [2.75, 3.05) is 0 Å². The van der Waals surface area contributed by atoms with Gasteiger partial charge in [0.1, 0.15) is 4.60 Å². The van der Waals surface area contributed by atoms with E-state index in [9.17, 15) is 4.39 Å². The van der Waals surface area contributed by atoms with Crippen LogP contribution in [0.25, 0.3) is 0 Å². The molecule has 1 heterocycles. The molecule has 8 heavy (non-hydrogen) atoms. The summed E-state index contributed by atoms with van der Waals surface area (Å²) in [5.74, 6) is -0.382. The largest absolute Gasteiger partial charge is 0.246 e. The summed E-state index contributed by atoms with van der Waals surface area (Å²) < 4.78 is 12.4. The molecule has 0 aliphatic rings. The monoisotopic (exact) mass is 174 g/mol. The van der Waals surface area contributed by atoms with Crippen LogP contribution in [0, 0.1) is 11.9 Å². The topological polar surface area (TPSA) is 12.9 Å². The van der Waals surface area contributed by atoms with Crippen molar-refractivity contribution in [3.8, 4) is 0 Å². The van der Waals surface area contributed by atoms with Crippen LogP contribution in [-0.4, -0.2) is 4.98 Å². The van der Waals surface area contributed by atoms with Crippen LogP contribution in [0.15, 0.2) is 16.9 Å². The smallest absolute Gasteiger partial charge is 0.156 e. The second kappa shape index (κ2) is 2.22. The minimum absolute atomic E-state index is 0.233. The lowest BCUT2D eigenvalue weighted by Gasteiger charge is -1.85. The Kier molecular flexibility index (Phi) is 1.58. The van der Waals surface area contributed by atoms with Crippen LogP contribution < -0.4 is 0 Å². The van der Waals surface area contributed by atoms with Crippen LogP contribution in [0.5, 0.6) is 0 Å². The third-order valence-electron chi connectivity index (χ3n) is 0.660. The highest BCUT2D eigenvalue weighted by Crippen LogP contribution is 2.08. The van der Waals surface area contributed by atoms with E-state index in [2.05, 4.69) is 27.0 Å². The summed E-state index contributed by atoms with van der Waals surface area (Å²) in [7, 11) is 0. The first kappa shape index (κ1) is 5.69. The van der Waals surface area contributed by atoms with Crippen LogP contribution >= 0.6 is 15.9 Å². The van der Waals surface area contributed by atoms with E-state index >= 15 is 0 Å². The quantitative estimate of drug-likeness (QED) is 0.547. The second-order valence-corrected chi connectivity index (χ2v) is 1.96. The molecule has 0 unspecified atom stereocenters. The first-order valence-electron chi connectivity index (χ1n) is 1.98. The first-order valence-corrected chi connectivity index (χ1v) is 2.77. The van der Waals surface area contributed by atoms with E-state index in [1.165, 1.54) is 12.3 Å². The van der Waals surface area contributed by atoms with E-state index in [1.54, 1.807) is 0 Å². The minimum Gasteiger partial charge on any atom is -0.246 e. The summed E-state index contributed by atoms with van der Waals surface area (Å²) in [6.07, 6.45) is 1.40. The predicted octanol–water partition coefficient (Wildman–Crippen LogP) is 1.78. The molecule has 0 aliphatic heterocycles. The van der Waals surface area contributed by atoms with Gasteiger partial charge in [0.25, 0.3) is 0 Å². The molecule has 0 amide bonds. The molecule has 0 saturated carbocycles. The Bertz CT molecular complexity index is 169. The third-order valence-corrected chi connectivity index (χ3v) is 1.24. The van der Waals surface area contributed by atoms with Gasteiger partial charge in [-0.05, 0) is 22.0 Å². The number of nitrogens with zero attached hydrogens (tertiary/aromatic N) is 1. The molecule has 0 aliphatic carbocycles. The Morgan fingerprint density at radius 1 is 1.75 bits per heavy atom. The molecule has 0 fully saturated rings. The molecule has 0 N–H and O–H groups in total. The van der Waals surface area contributed by atoms with Gasteiger partial charge < -0.3 is 0 Å². The lowest BCUT2D eigenvalue weighted by molar-refractivity contribution is 0.612. The van der Waals surface area contributed by atoms with Gasteiger partial charge in [0.15, 0.2) is 5.82 Å². The van der Waals surface area contributed by atoms with Crippen LogP contribution in [0.1, 0.15) is 0 Å². The molecule has 0 atom stereocenters. The van der Waals surface area contributed by atoms with Crippen molar-refractivity contribution < 1.29 is 4.39 Å². The summed E-state index contributed by atoms with van der Waals surface area (Å²) in [6, 6.07) is 3.70. The first-order chi connectivity index (χ1) is 3.80. The van der Waals surface area contributed by atoms with Crippen LogP contribution in [-0.2, 0) is 0 Å². The van der Waals surface area contributed by atoms with Crippen molar-refractivity contribution in [2.24, 2.45) is 0 Å². The van der Waals surface area contributed by atoms with Gasteiger partial charge in [-0.25, -0.2) is 9.37 Å². The Labute approximate surface area is 54.7 Å². The number of hydrogen-bond acceptors (Lipinski definition) is 1. The van der Waals surface area contributed by atoms with Gasteiger partial charge in [0.2, 0.25) is 0 Å². The van der Waals surface area contributed by atoms with E-state index in [0.717, 1.165) is 0 Å². The van der Waals surface area contributed by atoms with E-state index < -0.39 is 0 Å². The van der Waals surface area contributed by atoms with Crippen molar-refractivity contribution in [1.29, 1.82) is 0 Å². The average Bonchev–Trinajstić information content (AvgIpc) is 1.77. The van der Waals surface area contributed by atoms with Gasteiger partial charge in [0, 0.05) is 12.3 Å². The molecule has 1 nitrogen and oxygen atoms in total. The van der Waals surface area contributed by atoms with Crippen molar-refractivity contribution in [1.82, 2.24) is 4.98 Å². The molecule has 0 bridgehead atoms. The third kappa shape index (κ3) is 1.04. The molecular weight excluding hydrogens is 173 g/mol. The van der Waals surface area contributed by atoms with Crippen molar-refractivity contribution in [2.45, 2.75) is 0 Å². The Hall–Kier alpha value is -0.440. The standard InChI is InChI=1S/C5H2BrFN/c6-5-4(7)2-1-3-8-5/h2-3H. The normalized spacial score (nSPS) is 9.25. The van der Waals surface area contributed by atoms with Crippen LogP contribution in [0.3, 0.4) is 0 Å². The summed E-state index contributed by atoms with van der Waals surface area (Å²) in [6.45, 7) is 0. The van der Waals surface area contributed by atoms with E-state index in [-0.39, 0.29) is 10.4 Å². The Balaban J connectivity index is 3.13. The lowest BCUT2D eigenvalue weighted by Crippen LogP contribution is -1.78. The van der Waals surface area contributed by atoms with E-state index in [1.807, 2.05) is 0 Å². The SMILES string of the molecule is Fc1c[c]cnc1Br. The van der Waals surface area contributed by atoms with Gasteiger partial charge in [-0.3, -0.25) is 0 Å². The highest BCUT2D eigenvalue weighted by atomic mass is 79.9. The van der Waals surface area contributed by atoms with Crippen molar-refractivity contribution >= 4 is 15.9 Å². The van der Waals surface area contributed by atoms with Crippen LogP contribution in [0.4, 0.5) is 4.39 Å². The van der Waals surface area contributed by atoms with E-state index in [4.69, 9.17) is 0 Å². The summed E-state index contributed by atoms with van der Waals surface area (Å²) in [5, 5.41) is 0. The number of rotatable bonds is 0. The second-order valence-electron chi connectivity index (χ2n) is 1.21. The van der Waals surface area contributed by atoms with Gasteiger partial charge in [0.05, 0.1) is 0 Å². The maximum absolute atomic E-state index is 12.2. The molecule has 1 radical (unpaired) electrons. The zero-order chi connectivity index (χ0) is 5.98. The highest BCUT2D eigenvalue weighted by molar-refractivity contribution is 9.10. The lowest BCUT2D eigenvalue weighted by atomic mass is 10.5. The fourth-order valence-corrected chi connectivity index (χ4v) is 0.542. The molecule has 1 aromatic heterocycles. The molecular formula is C5H2BrFN. The van der Waals surface area contributed by atoms with E-state index in [0.29, 0.717) is 0 Å². The number of halogens is 2. The zero-order valence-electron chi connectivity index (χ0n) is 3.86. The van der Waals surface area contributed by atoms with Crippen molar-refractivity contribution in [3.05, 3.63) is 28.7 Å². The zero-order valence-corrected chi connectivity index (χ0v) is 5.44. The molecule has 1 rings (SSSR count). The maximum Gasteiger partial charge on any atom is 0.156 e. The highest BCUT2D eigenvalue weighted by Gasteiger charge is 1.93. The molecule has 0 saturated heterocycles. The van der Waals surface area contributed by atoms with Gasteiger partial charge >= 0.3 is 0 Å².